The molecule has 0 atom stereocenters. The minimum Gasteiger partial charge on any atom is -0.212 e. The van der Waals surface area contributed by atoms with E-state index in [0.29, 0.717) is 16.7 Å². The Morgan fingerprint density at radius 3 is 2.47 bits per heavy atom. The van der Waals surface area contributed by atoms with E-state index >= 15 is 0 Å². The largest absolute Gasteiger partial charge is 0.232 e. The summed E-state index contributed by atoms with van der Waals surface area (Å²) in [5, 5.41) is 0. The van der Waals surface area contributed by atoms with Gasteiger partial charge in [0.15, 0.2) is 0 Å². The zero-order valence-electron chi connectivity index (χ0n) is 8.55. The van der Waals surface area contributed by atoms with Crippen molar-refractivity contribution in [3.05, 3.63) is 34.6 Å². The van der Waals surface area contributed by atoms with E-state index in [1.165, 1.54) is 0 Å². The molecule has 2 nitrogen and oxygen atoms in total. The normalized spacial score (nSPS) is 11.7. The third-order valence-electron chi connectivity index (χ3n) is 2.31. The Hall–Kier alpha value is -0.610. The van der Waals surface area contributed by atoms with Gasteiger partial charge in [0.25, 0.3) is 0 Å². The molecule has 0 aliphatic carbocycles. The molecule has 0 radical (unpaired) electrons. The highest BCUT2D eigenvalue weighted by Crippen LogP contribution is 2.17. The van der Waals surface area contributed by atoms with Crippen molar-refractivity contribution in [2.45, 2.75) is 20.3 Å². The van der Waals surface area contributed by atoms with Gasteiger partial charge < -0.3 is 0 Å². The van der Waals surface area contributed by atoms with Crippen LogP contribution in [0, 0.1) is 19.7 Å². The molecular weight excluding hydrogens is 239 g/mol. The lowest BCUT2D eigenvalue weighted by molar-refractivity contribution is 0.602. The molecule has 1 aromatic rings. The first kappa shape index (κ1) is 12.5. The van der Waals surface area contributed by atoms with Gasteiger partial charge in [-0.3, -0.25) is 0 Å². The van der Waals surface area contributed by atoms with E-state index in [1.54, 1.807) is 26.0 Å². The van der Waals surface area contributed by atoms with Crippen LogP contribution in [0.4, 0.5) is 4.39 Å². The Bertz CT molecular complexity index is 469. The van der Waals surface area contributed by atoms with Crippen molar-refractivity contribution in [3.8, 4) is 0 Å². The fourth-order valence-electron chi connectivity index (χ4n) is 1.36. The first-order chi connectivity index (χ1) is 6.81. The van der Waals surface area contributed by atoms with Crippen LogP contribution in [0.3, 0.4) is 0 Å². The Labute approximate surface area is 93.5 Å². The van der Waals surface area contributed by atoms with E-state index in [0.717, 1.165) is 0 Å². The van der Waals surface area contributed by atoms with Gasteiger partial charge >= 0.3 is 0 Å². The number of hydrogen-bond acceptors (Lipinski definition) is 2. The fourth-order valence-corrected chi connectivity index (χ4v) is 2.06. The predicted molar refractivity (Wildman–Crippen MR) is 59.2 cm³/mol. The van der Waals surface area contributed by atoms with Gasteiger partial charge in [-0.2, -0.15) is 0 Å². The third kappa shape index (κ3) is 3.47. The van der Waals surface area contributed by atoms with Crippen molar-refractivity contribution >= 4 is 19.7 Å². The Morgan fingerprint density at radius 1 is 1.33 bits per heavy atom. The second-order valence-corrected chi connectivity index (χ2v) is 6.37. The Morgan fingerprint density at radius 2 is 1.93 bits per heavy atom. The topological polar surface area (TPSA) is 34.1 Å². The van der Waals surface area contributed by atoms with Crippen LogP contribution >= 0.6 is 10.7 Å². The molecule has 0 aliphatic heterocycles. The quantitative estimate of drug-likeness (QED) is 0.773. The van der Waals surface area contributed by atoms with Gasteiger partial charge in [0, 0.05) is 10.7 Å². The van der Waals surface area contributed by atoms with Gasteiger partial charge in [-0.25, -0.2) is 12.8 Å². The van der Waals surface area contributed by atoms with Crippen LogP contribution in [0.15, 0.2) is 12.1 Å². The molecule has 0 aromatic heterocycles. The van der Waals surface area contributed by atoms with E-state index < -0.39 is 9.05 Å². The van der Waals surface area contributed by atoms with Crippen molar-refractivity contribution in [3.63, 3.8) is 0 Å². The Kier molecular flexibility index (Phi) is 3.73. The lowest BCUT2D eigenvalue weighted by Gasteiger charge is -2.07. The van der Waals surface area contributed by atoms with E-state index in [-0.39, 0.29) is 18.0 Å². The zero-order chi connectivity index (χ0) is 11.6. The molecule has 0 saturated carbocycles. The van der Waals surface area contributed by atoms with Gasteiger partial charge in [-0.15, -0.1) is 0 Å². The van der Waals surface area contributed by atoms with Crippen molar-refractivity contribution in [1.82, 2.24) is 0 Å². The molecule has 0 unspecified atom stereocenters. The number of benzene rings is 1. The maximum absolute atomic E-state index is 13.4. The van der Waals surface area contributed by atoms with Crippen LogP contribution in [-0.2, 0) is 15.5 Å². The average molecular weight is 251 g/mol. The third-order valence-corrected chi connectivity index (χ3v) is 3.46. The van der Waals surface area contributed by atoms with Crippen molar-refractivity contribution < 1.29 is 12.8 Å². The zero-order valence-corrected chi connectivity index (χ0v) is 10.1. The minimum absolute atomic E-state index is 0.169. The van der Waals surface area contributed by atoms with Gasteiger partial charge in [0.05, 0.1) is 5.75 Å². The molecule has 0 amide bonds. The summed E-state index contributed by atoms with van der Waals surface area (Å²) in [7, 11) is 1.57. The smallest absolute Gasteiger partial charge is 0.212 e. The molecule has 0 bridgehead atoms. The average Bonchev–Trinajstić information content (AvgIpc) is 2.12. The number of aryl methyl sites for hydroxylation is 2. The molecule has 1 aromatic carbocycles. The van der Waals surface area contributed by atoms with Crippen LogP contribution in [0.25, 0.3) is 0 Å². The van der Waals surface area contributed by atoms with E-state index in [2.05, 4.69) is 0 Å². The highest BCUT2D eigenvalue weighted by atomic mass is 35.7. The fraction of sp³-hybridized carbons (Fsp3) is 0.400. The first-order valence-electron chi connectivity index (χ1n) is 4.48. The first-order valence-corrected chi connectivity index (χ1v) is 6.96. The molecule has 0 saturated heterocycles. The second kappa shape index (κ2) is 4.49. The van der Waals surface area contributed by atoms with Crippen molar-refractivity contribution in [2.24, 2.45) is 0 Å². The van der Waals surface area contributed by atoms with Crippen molar-refractivity contribution in [2.75, 3.05) is 5.75 Å². The molecule has 5 heteroatoms. The molecule has 0 N–H and O–H groups in total. The SMILES string of the molecule is Cc1ccc(CCS(=O)(=O)Cl)c(C)c1F. The number of halogens is 2. The highest BCUT2D eigenvalue weighted by Gasteiger charge is 2.10. The number of hydrogen-bond donors (Lipinski definition) is 0. The van der Waals surface area contributed by atoms with Crippen LogP contribution in [0.1, 0.15) is 16.7 Å². The van der Waals surface area contributed by atoms with Crippen LogP contribution in [0.5, 0.6) is 0 Å². The maximum atomic E-state index is 13.4. The van der Waals surface area contributed by atoms with Crippen LogP contribution in [-0.4, -0.2) is 14.2 Å². The molecule has 1 rings (SSSR count). The maximum Gasteiger partial charge on any atom is 0.232 e. The molecule has 0 fully saturated rings. The summed E-state index contributed by atoms with van der Waals surface area (Å²) >= 11 is 0. The predicted octanol–water partition coefficient (Wildman–Crippen LogP) is 2.55. The summed E-state index contributed by atoms with van der Waals surface area (Å²) in [6.07, 6.45) is 0.245. The lowest BCUT2D eigenvalue weighted by Crippen LogP contribution is -2.04. The van der Waals surface area contributed by atoms with Gasteiger partial charge in [0.2, 0.25) is 9.05 Å². The molecule has 15 heavy (non-hydrogen) atoms. The van der Waals surface area contributed by atoms with Crippen LogP contribution < -0.4 is 0 Å². The standard InChI is InChI=1S/C10H12ClFO2S/c1-7-3-4-9(8(2)10(7)12)5-6-15(11,13)14/h3-4H,5-6H2,1-2H3. The summed E-state index contributed by atoms with van der Waals surface area (Å²) in [4.78, 5) is 0. The molecule has 0 aliphatic rings. The number of rotatable bonds is 3. The summed E-state index contributed by atoms with van der Waals surface area (Å²) in [5.74, 6) is -0.447. The molecule has 0 heterocycles. The summed E-state index contributed by atoms with van der Waals surface area (Å²) in [6.45, 7) is 3.31. The van der Waals surface area contributed by atoms with Crippen molar-refractivity contribution in [1.29, 1.82) is 0 Å². The lowest BCUT2D eigenvalue weighted by atomic mass is 10.0. The molecule has 0 spiro atoms. The summed E-state index contributed by atoms with van der Waals surface area (Å²) < 4.78 is 34.9. The summed E-state index contributed by atoms with van der Waals surface area (Å²) in [5.41, 5.74) is 1.74. The Balaban J connectivity index is 2.93. The van der Waals surface area contributed by atoms with Gasteiger partial charge in [-0.1, -0.05) is 12.1 Å². The second-order valence-electron chi connectivity index (χ2n) is 3.47. The van der Waals surface area contributed by atoms with Gasteiger partial charge in [0.1, 0.15) is 5.82 Å². The van der Waals surface area contributed by atoms with E-state index in [1.807, 2.05) is 0 Å². The summed E-state index contributed by atoms with van der Waals surface area (Å²) in [6, 6.07) is 3.37. The molecule has 84 valence electrons. The van der Waals surface area contributed by atoms with Gasteiger partial charge in [-0.05, 0) is 37.0 Å². The minimum atomic E-state index is -3.51. The van der Waals surface area contributed by atoms with E-state index in [4.69, 9.17) is 10.7 Å². The monoisotopic (exact) mass is 250 g/mol. The van der Waals surface area contributed by atoms with Crippen LogP contribution in [0.2, 0.25) is 0 Å². The highest BCUT2D eigenvalue weighted by molar-refractivity contribution is 8.13. The molecular formula is C10H12ClFO2S. The van der Waals surface area contributed by atoms with E-state index in [9.17, 15) is 12.8 Å².